The van der Waals surface area contributed by atoms with E-state index in [4.69, 9.17) is 18.9 Å². The first-order valence-corrected chi connectivity index (χ1v) is 11.1. The quantitative estimate of drug-likeness (QED) is 0.609. The second kappa shape index (κ2) is 10.9. The number of morpholine rings is 1. The molecule has 0 radical (unpaired) electrons. The second-order valence-electron chi connectivity index (χ2n) is 9.06. The fraction of sp³-hybridized carbons (Fsp3) is 0.727. The Labute approximate surface area is 191 Å². The van der Waals surface area contributed by atoms with Crippen molar-refractivity contribution in [1.29, 1.82) is 0 Å². The maximum absolute atomic E-state index is 13.4. The molecule has 33 heavy (non-hydrogen) atoms. The molecule has 2 aliphatic heterocycles. The molecule has 2 saturated heterocycles. The zero-order chi connectivity index (χ0) is 24.1. The van der Waals surface area contributed by atoms with Crippen LogP contribution in [0.25, 0.3) is 0 Å². The molecule has 0 N–H and O–H groups in total. The molecule has 1 amide bonds. The van der Waals surface area contributed by atoms with Crippen molar-refractivity contribution < 1.29 is 36.9 Å². The first-order valence-electron chi connectivity index (χ1n) is 11.1. The molecule has 11 heteroatoms. The van der Waals surface area contributed by atoms with E-state index < -0.39 is 24.4 Å². The summed E-state index contributed by atoms with van der Waals surface area (Å²) in [6.07, 6.45) is -3.44. The number of anilines is 2. The van der Waals surface area contributed by atoms with Gasteiger partial charge >= 0.3 is 12.3 Å². The van der Waals surface area contributed by atoms with Gasteiger partial charge in [0.25, 0.3) is 0 Å². The first-order chi connectivity index (χ1) is 15.5. The summed E-state index contributed by atoms with van der Waals surface area (Å²) in [6, 6.07) is 3.24. The number of alkyl halides is 3. The minimum absolute atomic E-state index is 0.0457. The minimum Gasteiger partial charge on any atom is -0.443 e. The molecule has 0 bridgehead atoms. The number of carbonyl (C=O) groups excluding carboxylic acids is 1. The van der Waals surface area contributed by atoms with Gasteiger partial charge in [0.1, 0.15) is 18.0 Å². The van der Waals surface area contributed by atoms with Crippen molar-refractivity contribution in [3.63, 3.8) is 0 Å². The largest absolute Gasteiger partial charge is 0.443 e. The molecule has 3 heterocycles. The summed E-state index contributed by atoms with van der Waals surface area (Å²) >= 11 is 0. The van der Waals surface area contributed by atoms with Crippen LogP contribution in [0.15, 0.2) is 12.1 Å². The lowest BCUT2D eigenvalue weighted by Crippen LogP contribution is -2.43. The van der Waals surface area contributed by atoms with Crippen LogP contribution in [0.2, 0.25) is 0 Å². The summed E-state index contributed by atoms with van der Waals surface area (Å²) in [5, 5.41) is 0. The van der Waals surface area contributed by atoms with Crippen LogP contribution in [-0.4, -0.2) is 68.6 Å². The number of hydrogen-bond acceptors (Lipinski definition) is 7. The number of ether oxygens (including phenoxy) is 4. The first kappa shape index (κ1) is 25.5. The summed E-state index contributed by atoms with van der Waals surface area (Å²) in [4.78, 5) is 19.6. The van der Waals surface area contributed by atoms with Gasteiger partial charge in [0, 0.05) is 31.5 Å². The minimum atomic E-state index is -4.64. The summed E-state index contributed by atoms with van der Waals surface area (Å²) in [7, 11) is 0. The number of amides is 1. The maximum Gasteiger partial charge on any atom is 0.416 e. The molecule has 3 rings (SSSR count). The molecule has 0 aliphatic carbocycles. The Morgan fingerprint density at radius 1 is 1.18 bits per heavy atom. The molecule has 0 saturated carbocycles. The van der Waals surface area contributed by atoms with Gasteiger partial charge < -0.3 is 23.8 Å². The van der Waals surface area contributed by atoms with E-state index in [1.165, 1.54) is 6.07 Å². The maximum atomic E-state index is 13.4. The fourth-order valence-electron chi connectivity index (χ4n) is 3.53. The van der Waals surface area contributed by atoms with Crippen molar-refractivity contribution in [2.24, 2.45) is 0 Å². The van der Waals surface area contributed by atoms with Crippen LogP contribution in [0.5, 0.6) is 0 Å². The Hall–Kier alpha value is -2.11. The normalized spacial score (nSPS) is 19.9. The van der Waals surface area contributed by atoms with Gasteiger partial charge in [0.05, 0.1) is 25.5 Å². The number of halogens is 3. The molecule has 8 nitrogen and oxygen atoms in total. The van der Waals surface area contributed by atoms with E-state index in [1.807, 2.05) is 4.90 Å². The molecule has 0 spiro atoms. The van der Waals surface area contributed by atoms with Crippen LogP contribution in [0, 0.1) is 0 Å². The van der Waals surface area contributed by atoms with Gasteiger partial charge in [0.15, 0.2) is 6.29 Å². The monoisotopic (exact) mass is 475 g/mol. The number of pyridine rings is 1. The van der Waals surface area contributed by atoms with E-state index in [-0.39, 0.29) is 18.7 Å². The molecule has 1 atom stereocenters. The van der Waals surface area contributed by atoms with Crippen molar-refractivity contribution >= 4 is 17.6 Å². The number of hydrogen-bond donors (Lipinski definition) is 0. The zero-order valence-corrected chi connectivity index (χ0v) is 19.3. The summed E-state index contributed by atoms with van der Waals surface area (Å²) in [5.74, 6) is -0.145. The molecule has 2 fully saturated rings. The average Bonchev–Trinajstić information content (AvgIpc) is 2.75. The Kier molecular flexibility index (Phi) is 8.41. The lowest BCUT2D eigenvalue weighted by atomic mass is 10.2. The number of rotatable bonds is 6. The van der Waals surface area contributed by atoms with E-state index >= 15 is 0 Å². The Morgan fingerprint density at radius 2 is 1.91 bits per heavy atom. The smallest absolute Gasteiger partial charge is 0.416 e. The molecule has 1 aromatic rings. The standard InChI is InChI=1S/C22H32F3N3O5/c1-21(2,3)33-20(29)28(15-22(23,24)25)18-13-17(27-7-10-30-11-8-27)12-16(26-18)14-32-19-6-4-5-9-31-19/h12-13,19H,4-11,14-15H2,1-3H3. The molecule has 2 aliphatic rings. The van der Waals surface area contributed by atoms with E-state index in [9.17, 15) is 18.0 Å². The van der Waals surface area contributed by atoms with Gasteiger partial charge in [-0.1, -0.05) is 0 Å². The van der Waals surface area contributed by atoms with E-state index in [0.717, 1.165) is 19.3 Å². The van der Waals surface area contributed by atoms with Crippen molar-refractivity contribution in [3.05, 3.63) is 17.8 Å². The van der Waals surface area contributed by atoms with Gasteiger partial charge in [-0.15, -0.1) is 0 Å². The predicted molar refractivity (Wildman–Crippen MR) is 115 cm³/mol. The molecular formula is C22H32F3N3O5. The van der Waals surface area contributed by atoms with Crippen LogP contribution >= 0.6 is 0 Å². The topological polar surface area (TPSA) is 73.4 Å². The Morgan fingerprint density at radius 3 is 2.52 bits per heavy atom. The van der Waals surface area contributed by atoms with E-state index in [2.05, 4.69) is 4.98 Å². The van der Waals surface area contributed by atoms with Gasteiger partial charge in [-0.25, -0.2) is 9.78 Å². The van der Waals surface area contributed by atoms with E-state index in [1.54, 1.807) is 26.8 Å². The third-order valence-electron chi connectivity index (χ3n) is 5.01. The molecule has 1 unspecified atom stereocenters. The van der Waals surface area contributed by atoms with Crippen molar-refractivity contribution in [1.82, 2.24) is 4.98 Å². The second-order valence-corrected chi connectivity index (χ2v) is 9.06. The van der Waals surface area contributed by atoms with Crippen LogP contribution in [0.3, 0.4) is 0 Å². The van der Waals surface area contributed by atoms with Gasteiger partial charge in [-0.2, -0.15) is 13.2 Å². The summed E-state index contributed by atoms with van der Waals surface area (Å²) in [5.41, 5.74) is 0.0774. The highest BCUT2D eigenvalue weighted by Gasteiger charge is 2.37. The SMILES string of the molecule is CC(C)(C)OC(=O)N(CC(F)(F)F)c1cc(N2CCOCC2)cc(COC2CCCCO2)n1. The van der Waals surface area contributed by atoms with Crippen molar-refractivity contribution in [2.45, 2.75) is 64.7 Å². The third-order valence-corrected chi connectivity index (χ3v) is 5.01. The van der Waals surface area contributed by atoms with Crippen LogP contribution in [-0.2, 0) is 25.6 Å². The van der Waals surface area contributed by atoms with Crippen LogP contribution < -0.4 is 9.80 Å². The lowest BCUT2D eigenvalue weighted by molar-refractivity contribution is -0.169. The van der Waals surface area contributed by atoms with Gasteiger partial charge in [-0.3, -0.25) is 4.90 Å². The highest BCUT2D eigenvalue weighted by molar-refractivity contribution is 5.87. The van der Waals surface area contributed by atoms with Crippen LogP contribution in [0.4, 0.5) is 29.5 Å². The summed E-state index contributed by atoms with van der Waals surface area (Å²) in [6.45, 7) is 6.05. The third kappa shape index (κ3) is 8.31. The number of nitrogens with zero attached hydrogens (tertiary/aromatic N) is 3. The number of aromatic nitrogens is 1. The van der Waals surface area contributed by atoms with Gasteiger partial charge in [0.2, 0.25) is 0 Å². The predicted octanol–water partition coefficient (Wildman–Crippen LogP) is 4.27. The zero-order valence-electron chi connectivity index (χ0n) is 19.3. The highest BCUT2D eigenvalue weighted by atomic mass is 19.4. The van der Waals surface area contributed by atoms with Crippen molar-refractivity contribution in [3.8, 4) is 0 Å². The molecule has 0 aromatic carbocycles. The molecular weight excluding hydrogens is 443 g/mol. The van der Waals surface area contributed by atoms with Crippen LogP contribution in [0.1, 0.15) is 45.7 Å². The average molecular weight is 476 g/mol. The highest BCUT2D eigenvalue weighted by Crippen LogP contribution is 2.28. The van der Waals surface area contributed by atoms with Gasteiger partial charge in [-0.05, 0) is 46.1 Å². The van der Waals surface area contributed by atoms with Crippen molar-refractivity contribution in [2.75, 3.05) is 49.3 Å². The van der Waals surface area contributed by atoms with E-state index in [0.29, 0.717) is 49.2 Å². The Bertz CT molecular complexity index is 788. The molecule has 1 aromatic heterocycles. The number of carbonyl (C=O) groups is 1. The fourth-order valence-corrected chi connectivity index (χ4v) is 3.53. The Balaban J connectivity index is 1.91. The summed E-state index contributed by atoms with van der Waals surface area (Å²) < 4.78 is 62.2. The lowest BCUT2D eigenvalue weighted by Gasteiger charge is -2.31. The molecule has 186 valence electrons.